The number of aryl methyl sites for hydroxylation is 1. The number of hydrogen-bond donors (Lipinski definition) is 1. The molecule has 0 unspecified atom stereocenters. The Kier molecular flexibility index (Phi) is 2.58. The molecule has 92 valence electrons. The second kappa shape index (κ2) is 4.38. The molecule has 0 spiro atoms. The maximum Gasteiger partial charge on any atom is 0.259 e. The van der Waals surface area contributed by atoms with Crippen LogP contribution in [-0.2, 0) is 0 Å². The number of rotatable bonds is 2. The van der Waals surface area contributed by atoms with Crippen molar-refractivity contribution in [2.75, 3.05) is 0 Å². The zero-order chi connectivity index (χ0) is 13.2. The van der Waals surface area contributed by atoms with Crippen LogP contribution in [0, 0.1) is 18.3 Å². The Morgan fingerprint density at radius 1 is 1.37 bits per heavy atom. The smallest absolute Gasteiger partial charge is 0.259 e. The maximum absolute atomic E-state index is 8.75. The molecule has 0 saturated heterocycles. The van der Waals surface area contributed by atoms with Gasteiger partial charge in [0.15, 0.2) is 0 Å². The van der Waals surface area contributed by atoms with E-state index in [1.54, 1.807) is 18.5 Å². The van der Waals surface area contributed by atoms with Gasteiger partial charge in [-0.15, -0.1) is 0 Å². The summed E-state index contributed by atoms with van der Waals surface area (Å²) in [5, 5.41) is 12.6. The maximum atomic E-state index is 8.75. The summed E-state index contributed by atoms with van der Waals surface area (Å²) in [6.45, 7) is 1.97. The van der Waals surface area contributed by atoms with Crippen molar-refractivity contribution >= 4 is 0 Å². The van der Waals surface area contributed by atoms with E-state index in [1.165, 1.54) is 0 Å². The molecule has 6 nitrogen and oxygen atoms in total. The number of aromatic amines is 1. The predicted octanol–water partition coefficient (Wildman–Crippen LogP) is 2.31. The van der Waals surface area contributed by atoms with Crippen LogP contribution in [0.3, 0.4) is 0 Å². The monoisotopic (exact) mass is 251 g/mol. The molecule has 0 atom stereocenters. The summed E-state index contributed by atoms with van der Waals surface area (Å²) in [4.78, 5) is 11.3. The summed E-state index contributed by atoms with van der Waals surface area (Å²) in [5.74, 6) is 0.787. The Balaban J connectivity index is 1.97. The number of nitrogens with one attached hydrogen (secondary N) is 1. The van der Waals surface area contributed by atoms with Crippen molar-refractivity contribution in [1.29, 1.82) is 5.26 Å². The molecule has 0 bridgehead atoms. The molecule has 3 rings (SSSR count). The number of nitrogens with zero attached hydrogens (tertiary/aromatic N) is 4. The Bertz CT molecular complexity index is 765. The van der Waals surface area contributed by atoms with Crippen LogP contribution in [0.25, 0.3) is 23.0 Å². The lowest BCUT2D eigenvalue weighted by molar-refractivity contribution is 0.432. The van der Waals surface area contributed by atoms with Crippen LogP contribution in [0.5, 0.6) is 0 Å². The van der Waals surface area contributed by atoms with E-state index >= 15 is 0 Å². The molecule has 3 heterocycles. The van der Waals surface area contributed by atoms with Crippen LogP contribution in [0.2, 0.25) is 0 Å². The molecule has 1 N–H and O–H groups in total. The van der Waals surface area contributed by atoms with E-state index in [0.29, 0.717) is 28.7 Å². The number of H-pyrrole nitrogens is 1. The molecule has 0 amide bonds. The standard InChI is InChI=1S/C13H9N5O/c1-8-2-3-15-11(4-8)12-17-13(19-18-12)9-5-10(6-14)16-7-9/h2-5,7,16H,1H3. The average Bonchev–Trinajstić information content (AvgIpc) is 3.07. The second-order valence-electron chi connectivity index (χ2n) is 4.06. The molecule has 0 aliphatic carbocycles. The normalized spacial score (nSPS) is 10.3. The number of aromatic nitrogens is 4. The van der Waals surface area contributed by atoms with Gasteiger partial charge in [-0.3, -0.25) is 4.98 Å². The fourth-order valence-corrected chi connectivity index (χ4v) is 1.69. The molecule has 3 aromatic heterocycles. The number of hydrogen-bond acceptors (Lipinski definition) is 5. The highest BCUT2D eigenvalue weighted by Crippen LogP contribution is 2.21. The van der Waals surface area contributed by atoms with Crippen LogP contribution in [-0.4, -0.2) is 20.1 Å². The first-order chi connectivity index (χ1) is 9.26. The minimum Gasteiger partial charge on any atom is -0.352 e. The third-order valence-corrected chi connectivity index (χ3v) is 2.62. The molecular weight excluding hydrogens is 242 g/mol. The van der Waals surface area contributed by atoms with Crippen molar-refractivity contribution in [2.45, 2.75) is 6.92 Å². The largest absolute Gasteiger partial charge is 0.352 e. The molecule has 0 radical (unpaired) electrons. The quantitative estimate of drug-likeness (QED) is 0.754. The van der Waals surface area contributed by atoms with Gasteiger partial charge in [0.1, 0.15) is 17.5 Å². The first kappa shape index (κ1) is 11.2. The van der Waals surface area contributed by atoms with Crippen molar-refractivity contribution in [1.82, 2.24) is 20.1 Å². The minimum absolute atomic E-state index is 0.357. The number of pyridine rings is 1. The van der Waals surface area contributed by atoms with Gasteiger partial charge in [-0.2, -0.15) is 10.2 Å². The van der Waals surface area contributed by atoms with Crippen molar-refractivity contribution < 1.29 is 4.52 Å². The molecule has 6 heteroatoms. The van der Waals surface area contributed by atoms with E-state index < -0.39 is 0 Å². The Hall–Kier alpha value is -2.94. The van der Waals surface area contributed by atoms with Gasteiger partial charge in [0.25, 0.3) is 5.89 Å². The van der Waals surface area contributed by atoms with Crippen molar-refractivity contribution in [3.8, 4) is 29.0 Å². The Labute approximate surface area is 108 Å². The third-order valence-electron chi connectivity index (χ3n) is 2.62. The third kappa shape index (κ3) is 2.09. The van der Waals surface area contributed by atoms with Gasteiger partial charge in [-0.25, -0.2) is 0 Å². The number of nitriles is 1. The van der Waals surface area contributed by atoms with Crippen LogP contribution < -0.4 is 0 Å². The highest BCUT2D eigenvalue weighted by atomic mass is 16.5. The summed E-state index contributed by atoms with van der Waals surface area (Å²) in [6.07, 6.45) is 3.35. The first-order valence-corrected chi connectivity index (χ1v) is 5.62. The lowest BCUT2D eigenvalue weighted by Crippen LogP contribution is -1.86. The van der Waals surface area contributed by atoms with Gasteiger partial charge >= 0.3 is 0 Å². The van der Waals surface area contributed by atoms with Crippen molar-refractivity contribution in [3.63, 3.8) is 0 Å². The molecule has 19 heavy (non-hydrogen) atoms. The van der Waals surface area contributed by atoms with Gasteiger partial charge in [0, 0.05) is 12.4 Å². The van der Waals surface area contributed by atoms with Gasteiger partial charge in [0.05, 0.1) is 5.56 Å². The summed E-state index contributed by atoms with van der Waals surface area (Å²) in [6, 6.07) is 7.44. The molecule has 0 aliphatic heterocycles. The molecule has 0 aliphatic rings. The zero-order valence-electron chi connectivity index (χ0n) is 10.1. The van der Waals surface area contributed by atoms with Gasteiger partial charge in [0.2, 0.25) is 5.82 Å². The van der Waals surface area contributed by atoms with Crippen LogP contribution in [0.4, 0.5) is 0 Å². The van der Waals surface area contributed by atoms with Gasteiger partial charge in [-0.05, 0) is 30.7 Å². The van der Waals surface area contributed by atoms with E-state index in [4.69, 9.17) is 9.78 Å². The van der Waals surface area contributed by atoms with Crippen LogP contribution in [0.1, 0.15) is 11.3 Å². The highest BCUT2D eigenvalue weighted by molar-refractivity contribution is 5.58. The van der Waals surface area contributed by atoms with Crippen molar-refractivity contribution in [3.05, 3.63) is 41.9 Å². The SMILES string of the molecule is Cc1ccnc(-c2noc(-c3c[nH]c(C#N)c3)n2)c1. The Morgan fingerprint density at radius 3 is 3.00 bits per heavy atom. The fraction of sp³-hybridized carbons (Fsp3) is 0.0769. The topological polar surface area (TPSA) is 91.4 Å². The fourth-order valence-electron chi connectivity index (χ4n) is 1.69. The van der Waals surface area contributed by atoms with Crippen molar-refractivity contribution in [2.24, 2.45) is 0 Å². The second-order valence-corrected chi connectivity index (χ2v) is 4.06. The molecule has 0 aromatic carbocycles. The molecule has 0 fully saturated rings. The molecular formula is C13H9N5O. The first-order valence-electron chi connectivity index (χ1n) is 5.62. The van der Waals surface area contributed by atoms with E-state index in [9.17, 15) is 0 Å². The Morgan fingerprint density at radius 2 is 2.26 bits per heavy atom. The van der Waals surface area contributed by atoms with Crippen LogP contribution >= 0.6 is 0 Å². The molecule has 0 saturated carbocycles. The highest BCUT2D eigenvalue weighted by Gasteiger charge is 2.12. The summed E-state index contributed by atoms with van der Waals surface area (Å²) in [7, 11) is 0. The lowest BCUT2D eigenvalue weighted by atomic mass is 10.2. The summed E-state index contributed by atoms with van der Waals surface area (Å²) >= 11 is 0. The average molecular weight is 251 g/mol. The lowest BCUT2D eigenvalue weighted by Gasteiger charge is -1.93. The van der Waals surface area contributed by atoms with E-state index in [1.807, 2.05) is 25.1 Å². The molecule has 3 aromatic rings. The van der Waals surface area contributed by atoms with E-state index in [0.717, 1.165) is 5.56 Å². The van der Waals surface area contributed by atoms with Gasteiger partial charge < -0.3 is 9.51 Å². The summed E-state index contributed by atoms with van der Waals surface area (Å²) in [5.41, 5.74) is 2.86. The predicted molar refractivity (Wildman–Crippen MR) is 66.8 cm³/mol. The van der Waals surface area contributed by atoms with E-state index in [2.05, 4.69) is 20.1 Å². The van der Waals surface area contributed by atoms with Gasteiger partial charge in [-0.1, -0.05) is 5.16 Å². The van der Waals surface area contributed by atoms with Crippen LogP contribution in [0.15, 0.2) is 35.1 Å². The van der Waals surface area contributed by atoms with E-state index in [-0.39, 0.29) is 0 Å². The summed E-state index contributed by atoms with van der Waals surface area (Å²) < 4.78 is 5.17. The minimum atomic E-state index is 0.357. The zero-order valence-corrected chi connectivity index (χ0v) is 10.1.